The zero-order chi connectivity index (χ0) is 22.9. The molecule has 9 heteroatoms. The first-order valence-electron chi connectivity index (χ1n) is 11.4. The molecule has 2 aromatic heterocycles. The minimum absolute atomic E-state index is 0.0872. The van der Waals surface area contributed by atoms with Crippen molar-refractivity contribution in [2.75, 3.05) is 38.1 Å². The Labute approximate surface area is 190 Å². The Morgan fingerprint density at radius 2 is 1.88 bits per heavy atom. The van der Waals surface area contributed by atoms with Crippen molar-refractivity contribution in [3.05, 3.63) is 64.1 Å². The lowest BCUT2D eigenvalue weighted by Gasteiger charge is -2.37. The summed E-state index contributed by atoms with van der Waals surface area (Å²) in [5.41, 5.74) is 0.864. The summed E-state index contributed by atoms with van der Waals surface area (Å²) < 4.78 is 14.4. The fourth-order valence-electron chi connectivity index (χ4n) is 4.99. The number of para-hydroxylation sites is 1. The molecule has 0 aliphatic carbocycles. The molecule has 0 radical (unpaired) electrons. The van der Waals surface area contributed by atoms with Crippen molar-refractivity contribution in [2.45, 2.75) is 31.2 Å². The number of amides is 1. The number of likely N-dealkylation sites (tertiary alicyclic amines) is 1. The summed E-state index contributed by atoms with van der Waals surface area (Å²) in [5.74, 6) is 0.467. The molecule has 0 saturated carbocycles. The number of piperidine rings is 1. The van der Waals surface area contributed by atoms with Gasteiger partial charge < -0.3 is 15.2 Å². The molecule has 1 atom stereocenters. The molecular formula is C24H27FN6O2. The first-order chi connectivity index (χ1) is 16.0. The average Bonchev–Trinajstić information content (AvgIpc) is 3.34. The van der Waals surface area contributed by atoms with Crippen molar-refractivity contribution in [1.82, 2.24) is 25.2 Å². The summed E-state index contributed by atoms with van der Waals surface area (Å²) >= 11 is 0. The third-order valence-electron chi connectivity index (χ3n) is 6.81. The highest BCUT2D eigenvalue weighted by atomic mass is 19.1. The molecule has 4 heterocycles. The Morgan fingerprint density at radius 1 is 1.09 bits per heavy atom. The lowest BCUT2D eigenvalue weighted by atomic mass is 10.0. The van der Waals surface area contributed by atoms with E-state index >= 15 is 0 Å². The van der Waals surface area contributed by atoms with E-state index < -0.39 is 5.82 Å². The molecule has 3 aromatic rings. The van der Waals surface area contributed by atoms with Crippen LogP contribution in [0, 0.1) is 5.82 Å². The smallest absolute Gasteiger partial charge is 0.269 e. The summed E-state index contributed by atoms with van der Waals surface area (Å²) in [6.07, 6.45) is 2.73. The van der Waals surface area contributed by atoms with Crippen molar-refractivity contribution in [2.24, 2.45) is 0 Å². The molecule has 1 aromatic carbocycles. The van der Waals surface area contributed by atoms with E-state index in [1.54, 1.807) is 6.07 Å². The molecule has 1 amide bonds. The zero-order valence-corrected chi connectivity index (χ0v) is 18.6. The molecule has 5 rings (SSSR count). The van der Waals surface area contributed by atoms with Gasteiger partial charge in [0.2, 0.25) is 0 Å². The van der Waals surface area contributed by atoms with Gasteiger partial charge in [-0.2, -0.15) is 0 Å². The van der Waals surface area contributed by atoms with Crippen molar-refractivity contribution >= 4 is 22.6 Å². The van der Waals surface area contributed by atoms with Gasteiger partial charge in [0.1, 0.15) is 11.5 Å². The van der Waals surface area contributed by atoms with Gasteiger partial charge in [-0.1, -0.05) is 12.1 Å². The van der Waals surface area contributed by atoms with Crippen LogP contribution in [0.4, 0.5) is 10.2 Å². The first-order valence-corrected chi connectivity index (χ1v) is 11.4. The standard InChI is InChI=1S/C24H27FN6O2/c1-26-24(33)20-7-6-18(25)22(28-20)30-12-9-16(10-13-30)31-11-8-15(14-31)21-27-19-5-3-2-4-17(19)23(32)29-21/h2-7,15-16H,8-14H2,1H3,(H,26,33)(H,27,29,32). The number of nitrogens with one attached hydrogen (secondary N) is 2. The van der Waals surface area contributed by atoms with E-state index in [9.17, 15) is 14.0 Å². The Morgan fingerprint density at radius 3 is 2.67 bits per heavy atom. The van der Waals surface area contributed by atoms with E-state index in [0.717, 1.165) is 43.7 Å². The summed E-state index contributed by atoms with van der Waals surface area (Å²) in [7, 11) is 1.53. The molecule has 2 fully saturated rings. The van der Waals surface area contributed by atoms with Gasteiger partial charge in [0.05, 0.1) is 10.9 Å². The fraction of sp³-hybridized carbons (Fsp3) is 0.417. The Bertz CT molecular complexity index is 1240. The van der Waals surface area contributed by atoms with Crippen LogP contribution in [0.15, 0.2) is 41.2 Å². The molecule has 2 saturated heterocycles. The van der Waals surface area contributed by atoms with E-state index in [4.69, 9.17) is 4.98 Å². The van der Waals surface area contributed by atoms with Crippen LogP contribution in [0.5, 0.6) is 0 Å². The summed E-state index contributed by atoms with van der Waals surface area (Å²) in [6.45, 7) is 3.16. The highest BCUT2D eigenvalue weighted by Crippen LogP contribution is 2.31. The Kier molecular flexibility index (Phi) is 5.80. The van der Waals surface area contributed by atoms with Crippen LogP contribution in [-0.4, -0.2) is 65.0 Å². The largest absolute Gasteiger partial charge is 0.354 e. The van der Waals surface area contributed by atoms with Crippen molar-refractivity contribution in [3.8, 4) is 0 Å². The number of hydrogen-bond acceptors (Lipinski definition) is 6. The second-order valence-electron chi connectivity index (χ2n) is 8.75. The topological polar surface area (TPSA) is 94.2 Å². The van der Waals surface area contributed by atoms with Crippen LogP contribution >= 0.6 is 0 Å². The van der Waals surface area contributed by atoms with Crippen LogP contribution in [0.1, 0.15) is 41.5 Å². The SMILES string of the molecule is CNC(=O)c1ccc(F)c(N2CCC(N3CCC(c4nc5ccccc5c(=O)[nH]4)C3)CC2)n1. The minimum atomic E-state index is -0.409. The molecule has 2 N–H and O–H groups in total. The van der Waals surface area contributed by atoms with Gasteiger partial charge in [0.15, 0.2) is 11.6 Å². The van der Waals surface area contributed by atoms with Gasteiger partial charge in [0.25, 0.3) is 11.5 Å². The summed E-state index contributed by atoms with van der Waals surface area (Å²) in [5, 5.41) is 3.15. The third-order valence-corrected chi connectivity index (χ3v) is 6.81. The number of carbonyl (C=O) groups is 1. The van der Waals surface area contributed by atoms with Crippen LogP contribution in [0.25, 0.3) is 10.9 Å². The van der Waals surface area contributed by atoms with Crippen LogP contribution in [0.3, 0.4) is 0 Å². The van der Waals surface area contributed by atoms with Crippen LogP contribution < -0.4 is 15.8 Å². The number of hydrogen-bond donors (Lipinski definition) is 2. The number of H-pyrrole nitrogens is 1. The van der Waals surface area contributed by atoms with E-state index in [1.807, 2.05) is 23.1 Å². The summed E-state index contributed by atoms with van der Waals surface area (Å²) in [6, 6.07) is 10.5. The fourth-order valence-corrected chi connectivity index (χ4v) is 4.99. The van der Waals surface area contributed by atoms with E-state index in [0.29, 0.717) is 24.5 Å². The van der Waals surface area contributed by atoms with E-state index in [2.05, 4.69) is 20.2 Å². The lowest BCUT2D eigenvalue weighted by Crippen LogP contribution is -2.44. The predicted molar refractivity (Wildman–Crippen MR) is 124 cm³/mol. The number of rotatable bonds is 4. The van der Waals surface area contributed by atoms with Gasteiger partial charge in [-0.15, -0.1) is 0 Å². The molecule has 33 heavy (non-hydrogen) atoms. The number of aromatic nitrogens is 3. The van der Waals surface area contributed by atoms with Crippen molar-refractivity contribution < 1.29 is 9.18 Å². The van der Waals surface area contributed by atoms with Gasteiger partial charge >= 0.3 is 0 Å². The van der Waals surface area contributed by atoms with Crippen molar-refractivity contribution in [1.29, 1.82) is 0 Å². The number of carbonyl (C=O) groups excluding carboxylic acids is 1. The van der Waals surface area contributed by atoms with Crippen LogP contribution in [-0.2, 0) is 0 Å². The number of pyridine rings is 1. The molecule has 1 unspecified atom stereocenters. The second kappa shape index (κ2) is 8.90. The molecule has 172 valence electrons. The Hall–Kier alpha value is -3.33. The van der Waals surface area contributed by atoms with Crippen molar-refractivity contribution in [3.63, 3.8) is 0 Å². The number of halogens is 1. The first kappa shape index (κ1) is 21.5. The maximum absolute atomic E-state index is 14.4. The number of aromatic amines is 1. The van der Waals surface area contributed by atoms with E-state index in [1.165, 1.54) is 19.2 Å². The van der Waals surface area contributed by atoms with Gasteiger partial charge in [-0.05, 0) is 50.1 Å². The zero-order valence-electron chi connectivity index (χ0n) is 18.6. The molecule has 0 bridgehead atoms. The van der Waals surface area contributed by atoms with Crippen LogP contribution in [0.2, 0.25) is 0 Å². The molecule has 2 aliphatic rings. The molecular weight excluding hydrogens is 423 g/mol. The number of benzene rings is 1. The monoisotopic (exact) mass is 450 g/mol. The predicted octanol–water partition coefficient (Wildman–Crippen LogP) is 2.28. The molecule has 0 spiro atoms. The van der Waals surface area contributed by atoms with Gasteiger partial charge in [-0.3, -0.25) is 14.5 Å². The third kappa shape index (κ3) is 4.20. The number of nitrogens with zero attached hydrogens (tertiary/aromatic N) is 4. The Balaban J connectivity index is 1.24. The maximum Gasteiger partial charge on any atom is 0.269 e. The maximum atomic E-state index is 14.4. The lowest BCUT2D eigenvalue weighted by molar-refractivity contribution is 0.0958. The quantitative estimate of drug-likeness (QED) is 0.633. The average molecular weight is 451 g/mol. The van der Waals surface area contributed by atoms with Gasteiger partial charge in [-0.25, -0.2) is 14.4 Å². The normalized spacial score (nSPS) is 19.8. The van der Waals surface area contributed by atoms with Gasteiger partial charge in [0, 0.05) is 38.6 Å². The highest BCUT2D eigenvalue weighted by molar-refractivity contribution is 5.92. The summed E-state index contributed by atoms with van der Waals surface area (Å²) in [4.78, 5) is 40.7. The molecule has 2 aliphatic heterocycles. The molecule has 8 nitrogen and oxygen atoms in total. The number of anilines is 1. The minimum Gasteiger partial charge on any atom is -0.354 e. The number of fused-ring (bicyclic) bond motifs is 1. The second-order valence-corrected chi connectivity index (χ2v) is 8.75. The van der Waals surface area contributed by atoms with E-state index in [-0.39, 0.29) is 28.9 Å². The highest BCUT2D eigenvalue weighted by Gasteiger charge is 2.33.